The summed E-state index contributed by atoms with van der Waals surface area (Å²) in [4.78, 5) is 58.0. The van der Waals surface area contributed by atoms with Crippen LogP contribution in [-0.2, 0) is 19.1 Å². The highest BCUT2D eigenvalue weighted by molar-refractivity contribution is 6.44. The maximum atomic E-state index is 12.2. The summed E-state index contributed by atoms with van der Waals surface area (Å²) in [5.41, 5.74) is -0.483. The third-order valence-corrected chi connectivity index (χ3v) is 3.62. The van der Waals surface area contributed by atoms with Crippen molar-refractivity contribution in [1.29, 1.82) is 0 Å². The normalized spacial score (nSPS) is 9.86. The average molecular weight is 401 g/mol. The van der Waals surface area contributed by atoms with E-state index in [2.05, 4.69) is 20.1 Å². The lowest BCUT2D eigenvalue weighted by atomic mass is 10.1. The number of amides is 2. The summed E-state index contributed by atoms with van der Waals surface area (Å²) >= 11 is 0. The van der Waals surface area contributed by atoms with Gasteiger partial charge < -0.3 is 20.1 Å². The maximum absolute atomic E-state index is 12.2. The van der Waals surface area contributed by atoms with E-state index in [1.807, 2.05) is 0 Å². The summed E-state index contributed by atoms with van der Waals surface area (Å²) in [6.07, 6.45) is 0. The van der Waals surface area contributed by atoms with Crippen LogP contribution in [0, 0.1) is 10.1 Å². The zero-order valence-electron chi connectivity index (χ0n) is 15.3. The van der Waals surface area contributed by atoms with Crippen molar-refractivity contribution in [2.75, 3.05) is 24.9 Å². The predicted molar refractivity (Wildman–Crippen MR) is 99.5 cm³/mol. The molecule has 2 aromatic rings. The summed E-state index contributed by atoms with van der Waals surface area (Å²) in [6.45, 7) is 0. The lowest BCUT2D eigenvalue weighted by Gasteiger charge is -2.11. The van der Waals surface area contributed by atoms with Gasteiger partial charge in [-0.05, 0) is 24.3 Å². The van der Waals surface area contributed by atoms with Crippen molar-refractivity contribution < 1.29 is 33.6 Å². The summed E-state index contributed by atoms with van der Waals surface area (Å²) in [5.74, 6) is -3.86. The molecule has 0 unspecified atom stereocenters. The second kappa shape index (κ2) is 9.08. The number of ether oxygens (including phenoxy) is 2. The first-order chi connectivity index (χ1) is 13.8. The Morgan fingerprint density at radius 3 is 2.17 bits per heavy atom. The monoisotopic (exact) mass is 401 g/mol. The number of esters is 2. The minimum atomic E-state index is -1.18. The zero-order valence-corrected chi connectivity index (χ0v) is 15.3. The van der Waals surface area contributed by atoms with Crippen molar-refractivity contribution in [2.24, 2.45) is 0 Å². The maximum Gasteiger partial charge on any atom is 0.339 e. The van der Waals surface area contributed by atoms with Crippen LogP contribution in [0.4, 0.5) is 17.1 Å². The first kappa shape index (κ1) is 21.0. The number of nitro groups is 1. The molecule has 11 heteroatoms. The lowest BCUT2D eigenvalue weighted by Crippen LogP contribution is -2.30. The molecule has 150 valence electrons. The molecule has 0 saturated heterocycles. The van der Waals surface area contributed by atoms with E-state index in [4.69, 9.17) is 0 Å². The SMILES string of the molecule is COC(=O)c1ccc(C(=O)OC)c(NC(=O)C(=O)Nc2cccc([N+](=O)[O-])c2)c1. The highest BCUT2D eigenvalue weighted by Gasteiger charge is 2.21. The van der Waals surface area contributed by atoms with E-state index in [1.165, 1.54) is 30.3 Å². The van der Waals surface area contributed by atoms with E-state index in [-0.39, 0.29) is 28.2 Å². The summed E-state index contributed by atoms with van der Waals surface area (Å²) < 4.78 is 9.18. The van der Waals surface area contributed by atoms with Gasteiger partial charge in [-0.15, -0.1) is 0 Å². The van der Waals surface area contributed by atoms with Gasteiger partial charge in [0.1, 0.15) is 0 Å². The van der Waals surface area contributed by atoms with E-state index < -0.39 is 28.7 Å². The smallest absolute Gasteiger partial charge is 0.339 e. The van der Waals surface area contributed by atoms with Crippen LogP contribution in [0.25, 0.3) is 0 Å². The van der Waals surface area contributed by atoms with Crippen molar-refractivity contribution in [1.82, 2.24) is 0 Å². The van der Waals surface area contributed by atoms with Gasteiger partial charge in [0.25, 0.3) is 5.69 Å². The highest BCUT2D eigenvalue weighted by Crippen LogP contribution is 2.20. The largest absolute Gasteiger partial charge is 0.465 e. The third kappa shape index (κ3) is 5.13. The van der Waals surface area contributed by atoms with Gasteiger partial charge >= 0.3 is 23.8 Å². The summed E-state index contributed by atoms with van der Waals surface area (Å²) in [5, 5.41) is 15.2. The number of nitrogens with zero attached hydrogens (tertiary/aromatic N) is 1. The van der Waals surface area contributed by atoms with E-state index in [1.54, 1.807) is 0 Å². The average Bonchev–Trinajstić information content (AvgIpc) is 2.72. The fourth-order valence-corrected chi connectivity index (χ4v) is 2.24. The predicted octanol–water partition coefficient (Wildman–Crippen LogP) is 1.75. The minimum absolute atomic E-state index is 0.0227. The zero-order chi connectivity index (χ0) is 21.6. The van der Waals surface area contributed by atoms with Crippen LogP contribution in [0.15, 0.2) is 42.5 Å². The van der Waals surface area contributed by atoms with Crippen LogP contribution in [-0.4, -0.2) is 42.9 Å². The van der Waals surface area contributed by atoms with Crippen molar-refractivity contribution in [3.8, 4) is 0 Å². The molecule has 0 atom stereocenters. The first-order valence-electron chi connectivity index (χ1n) is 7.94. The van der Waals surface area contributed by atoms with Gasteiger partial charge in [0.15, 0.2) is 0 Å². The molecule has 0 aliphatic carbocycles. The molecule has 2 rings (SSSR count). The minimum Gasteiger partial charge on any atom is -0.465 e. The number of anilines is 2. The van der Waals surface area contributed by atoms with Crippen molar-refractivity contribution in [2.45, 2.75) is 0 Å². The fraction of sp³-hybridized carbons (Fsp3) is 0.111. The van der Waals surface area contributed by atoms with Gasteiger partial charge in [0.05, 0.1) is 36.0 Å². The Balaban J connectivity index is 2.25. The number of nitro benzene ring substituents is 1. The van der Waals surface area contributed by atoms with Gasteiger partial charge in [-0.1, -0.05) is 6.07 Å². The Bertz CT molecular complexity index is 1000. The molecular weight excluding hydrogens is 386 g/mol. The number of carbonyl (C=O) groups excluding carboxylic acids is 4. The molecule has 0 saturated carbocycles. The van der Waals surface area contributed by atoms with Gasteiger partial charge in [-0.2, -0.15) is 0 Å². The number of hydrogen-bond acceptors (Lipinski definition) is 8. The number of rotatable bonds is 5. The number of methoxy groups -OCH3 is 2. The van der Waals surface area contributed by atoms with E-state index in [0.717, 1.165) is 26.4 Å². The molecule has 2 aromatic carbocycles. The molecule has 0 spiro atoms. The second-order valence-electron chi connectivity index (χ2n) is 5.46. The molecule has 0 aromatic heterocycles. The van der Waals surface area contributed by atoms with Crippen LogP contribution in [0.5, 0.6) is 0 Å². The second-order valence-corrected chi connectivity index (χ2v) is 5.46. The molecule has 0 bridgehead atoms. The molecule has 11 nitrogen and oxygen atoms in total. The highest BCUT2D eigenvalue weighted by atomic mass is 16.6. The Labute approximate surface area is 163 Å². The summed E-state index contributed by atoms with van der Waals surface area (Å²) in [6, 6.07) is 8.65. The van der Waals surface area contributed by atoms with Crippen LogP contribution >= 0.6 is 0 Å². The van der Waals surface area contributed by atoms with Gasteiger partial charge in [0, 0.05) is 17.8 Å². The number of hydrogen-bond donors (Lipinski definition) is 2. The molecule has 0 aliphatic heterocycles. The molecule has 0 aliphatic rings. The van der Waals surface area contributed by atoms with Crippen molar-refractivity contribution >= 4 is 40.8 Å². The third-order valence-electron chi connectivity index (χ3n) is 3.62. The molecule has 0 fully saturated rings. The fourth-order valence-electron chi connectivity index (χ4n) is 2.24. The Hall–Kier alpha value is -4.28. The lowest BCUT2D eigenvalue weighted by molar-refractivity contribution is -0.384. The summed E-state index contributed by atoms with van der Waals surface area (Å²) in [7, 11) is 2.28. The van der Waals surface area contributed by atoms with Crippen LogP contribution in [0.2, 0.25) is 0 Å². The number of carbonyl (C=O) groups is 4. The van der Waals surface area contributed by atoms with Crippen molar-refractivity contribution in [3.63, 3.8) is 0 Å². The molecule has 0 heterocycles. The Morgan fingerprint density at radius 1 is 0.897 bits per heavy atom. The molecular formula is C18H15N3O8. The first-order valence-corrected chi connectivity index (χ1v) is 7.94. The van der Waals surface area contributed by atoms with Crippen LogP contribution in [0.1, 0.15) is 20.7 Å². The van der Waals surface area contributed by atoms with Crippen LogP contribution in [0.3, 0.4) is 0 Å². The van der Waals surface area contributed by atoms with Crippen molar-refractivity contribution in [3.05, 3.63) is 63.7 Å². The van der Waals surface area contributed by atoms with E-state index in [9.17, 15) is 29.3 Å². The van der Waals surface area contributed by atoms with E-state index in [0.29, 0.717) is 0 Å². The molecule has 2 N–H and O–H groups in total. The quantitative estimate of drug-likeness (QED) is 0.332. The Morgan fingerprint density at radius 2 is 1.55 bits per heavy atom. The molecule has 29 heavy (non-hydrogen) atoms. The molecule has 0 radical (unpaired) electrons. The van der Waals surface area contributed by atoms with Crippen LogP contribution < -0.4 is 10.6 Å². The standard InChI is InChI=1S/C18H15N3O8/c1-28-17(24)10-6-7-13(18(25)29-2)14(8-10)20-16(23)15(22)19-11-4-3-5-12(9-11)21(26)27/h3-9H,1-2H3,(H,19,22)(H,20,23). The van der Waals surface area contributed by atoms with E-state index >= 15 is 0 Å². The van der Waals surface area contributed by atoms with Gasteiger partial charge in [0.2, 0.25) is 0 Å². The number of benzene rings is 2. The Kier molecular flexibility index (Phi) is 6.58. The topological polar surface area (TPSA) is 154 Å². The number of non-ortho nitro benzene ring substituents is 1. The molecule has 2 amide bonds. The van der Waals surface area contributed by atoms with Gasteiger partial charge in [-0.25, -0.2) is 9.59 Å². The van der Waals surface area contributed by atoms with Gasteiger partial charge in [-0.3, -0.25) is 19.7 Å². The number of nitrogens with one attached hydrogen (secondary N) is 2.